The van der Waals surface area contributed by atoms with Crippen LogP contribution in [-0.2, 0) is 14.3 Å². The number of ketones is 2. The van der Waals surface area contributed by atoms with E-state index in [2.05, 4.69) is 0 Å². The quantitative estimate of drug-likeness (QED) is 0.452. The van der Waals surface area contributed by atoms with Crippen LogP contribution in [0.15, 0.2) is 41.8 Å². The number of carbonyl (C=O) groups is 3. The zero-order chi connectivity index (χ0) is 17.0. The van der Waals surface area contributed by atoms with Crippen molar-refractivity contribution < 1.29 is 19.1 Å². The predicted octanol–water partition coefficient (Wildman–Crippen LogP) is 3.75. The highest BCUT2D eigenvalue weighted by Gasteiger charge is 2.39. The molecule has 23 heavy (non-hydrogen) atoms. The molecular weight excluding hydrogens is 336 g/mol. The minimum absolute atomic E-state index is 0.298. The van der Waals surface area contributed by atoms with Crippen molar-refractivity contribution in [1.82, 2.24) is 0 Å². The lowest BCUT2D eigenvalue weighted by molar-refractivity contribution is -0.149. The van der Waals surface area contributed by atoms with Gasteiger partial charge >= 0.3 is 5.97 Å². The number of thiophene rings is 1. The molecule has 0 saturated carbocycles. The summed E-state index contributed by atoms with van der Waals surface area (Å²) in [4.78, 5) is 37.5. The maximum atomic E-state index is 12.9. The highest BCUT2D eigenvalue weighted by Crippen LogP contribution is 2.33. The third-order valence-corrected chi connectivity index (χ3v) is 4.60. The van der Waals surface area contributed by atoms with E-state index >= 15 is 0 Å². The van der Waals surface area contributed by atoms with E-state index in [9.17, 15) is 14.4 Å². The van der Waals surface area contributed by atoms with Crippen molar-refractivity contribution in [3.63, 3.8) is 0 Å². The van der Waals surface area contributed by atoms with E-state index in [1.54, 1.807) is 41.8 Å². The van der Waals surface area contributed by atoms with Gasteiger partial charge in [0.1, 0.15) is 11.7 Å². The Kier molecular flexibility index (Phi) is 5.69. The van der Waals surface area contributed by atoms with Crippen molar-refractivity contribution in [3.05, 3.63) is 57.2 Å². The molecule has 0 bridgehead atoms. The van der Waals surface area contributed by atoms with Gasteiger partial charge in [0.15, 0.2) is 5.78 Å². The highest BCUT2D eigenvalue weighted by atomic mass is 35.5. The first kappa shape index (κ1) is 17.4. The molecule has 1 aromatic carbocycles. The number of hydrogen-bond donors (Lipinski definition) is 0. The number of benzene rings is 1. The lowest BCUT2D eigenvalue weighted by atomic mass is 9.80. The summed E-state index contributed by atoms with van der Waals surface area (Å²) >= 11 is 7.27. The Bertz CT molecular complexity index is 724. The van der Waals surface area contributed by atoms with Gasteiger partial charge in [-0.1, -0.05) is 29.8 Å². The molecule has 2 aromatic rings. The van der Waals surface area contributed by atoms with E-state index in [4.69, 9.17) is 16.3 Å². The molecule has 6 heteroatoms. The number of ether oxygens (including phenoxy) is 1. The van der Waals surface area contributed by atoms with Crippen LogP contribution >= 0.6 is 22.9 Å². The molecule has 0 N–H and O–H groups in total. The Labute approximate surface area is 143 Å². The fourth-order valence-corrected chi connectivity index (χ4v) is 3.33. The van der Waals surface area contributed by atoms with Crippen molar-refractivity contribution in [2.45, 2.75) is 12.8 Å². The van der Waals surface area contributed by atoms with Gasteiger partial charge in [-0.25, -0.2) is 0 Å². The first-order chi connectivity index (χ1) is 11.0. The second kappa shape index (κ2) is 7.53. The van der Waals surface area contributed by atoms with Crippen LogP contribution < -0.4 is 0 Å². The van der Waals surface area contributed by atoms with E-state index in [0.717, 1.165) is 0 Å². The second-order valence-corrected chi connectivity index (χ2v) is 6.37. The predicted molar refractivity (Wildman–Crippen MR) is 89.0 cm³/mol. The number of rotatable bonds is 6. The molecule has 0 saturated heterocycles. The normalized spacial score (nSPS) is 13.2. The molecule has 4 nitrogen and oxygen atoms in total. The summed E-state index contributed by atoms with van der Waals surface area (Å²) in [6.45, 7) is 1.28. The number of esters is 1. The third-order valence-electron chi connectivity index (χ3n) is 3.48. The fourth-order valence-electron chi connectivity index (χ4n) is 2.43. The number of Topliss-reactive ketones (excluding diaryl/α,β-unsaturated/α-hetero) is 2. The summed E-state index contributed by atoms with van der Waals surface area (Å²) in [6, 6.07) is 10.0. The van der Waals surface area contributed by atoms with E-state index in [1.807, 2.05) is 0 Å². The van der Waals surface area contributed by atoms with Gasteiger partial charge in [-0.2, -0.15) is 0 Å². The van der Waals surface area contributed by atoms with Crippen LogP contribution in [0, 0.1) is 5.92 Å². The zero-order valence-corrected chi connectivity index (χ0v) is 14.2. The van der Waals surface area contributed by atoms with Crippen LogP contribution in [0.5, 0.6) is 0 Å². The van der Waals surface area contributed by atoms with Crippen LogP contribution in [0.25, 0.3) is 0 Å². The molecule has 1 aromatic heterocycles. The van der Waals surface area contributed by atoms with E-state index in [0.29, 0.717) is 15.5 Å². The topological polar surface area (TPSA) is 60.4 Å². The van der Waals surface area contributed by atoms with Gasteiger partial charge in [-0.15, -0.1) is 11.3 Å². The first-order valence-electron chi connectivity index (χ1n) is 6.87. The number of hydrogen-bond acceptors (Lipinski definition) is 5. The van der Waals surface area contributed by atoms with Gasteiger partial charge in [0.2, 0.25) is 0 Å². The average molecular weight is 351 g/mol. The summed E-state index contributed by atoms with van der Waals surface area (Å²) in [5.74, 6) is -3.61. The largest absolute Gasteiger partial charge is 0.468 e. The lowest BCUT2D eigenvalue weighted by Gasteiger charge is -2.22. The van der Waals surface area contributed by atoms with Crippen LogP contribution in [0.3, 0.4) is 0 Å². The zero-order valence-electron chi connectivity index (χ0n) is 12.6. The average Bonchev–Trinajstić information content (AvgIpc) is 3.05. The van der Waals surface area contributed by atoms with Gasteiger partial charge in [0.25, 0.3) is 0 Å². The minimum atomic E-state index is -1.20. The molecule has 0 fully saturated rings. The summed E-state index contributed by atoms with van der Waals surface area (Å²) in [7, 11) is 1.20. The fraction of sp³-hybridized carbons (Fsp3) is 0.235. The second-order valence-electron chi connectivity index (χ2n) is 4.99. The molecule has 0 spiro atoms. The van der Waals surface area contributed by atoms with Crippen molar-refractivity contribution in [2.24, 2.45) is 5.92 Å². The van der Waals surface area contributed by atoms with Crippen molar-refractivity contribution >= 4 is 40.5 Å². The smallest absolute Gasteiger partial charge is 0.317 e. The molecule has 2 rings (SSSR count). The van der Waals surface area contributed by atoms with Crippen LogP contribution in [0.1, 0.15) is 28.1 Å². The van der Waals surface area contributed by atoms with Crippen LogP contribution in [0.2, 0.25) is 5.02 Å². The van der Waals surface area contributed by atoms with Crippen LogP contribution in [0.4, 0.5) is 0 Å². The molecule has 0 aliphatic carbocycles. The Morgan fingerprint density at radius 1 is 1.17 bits per heavy atom. The molecule has 1 heterocycles. The standard InChI is InChI=1S/C17H15ClO4S/c1-10(19)14(17(21)22-2)15(11-5-3-6-12(18)9-11)16(20)13-7-4-8-23-13/h3-9,14-15H,1-2H3. The number of methoxy groups -OCH3 is 1. The van der Waals surface area contributed by atoms with E-state index in [1.165, 1.54) is 25.4 Å². The van der Waals surface area contributed by atoms with Crippen molar-refractivity contribution in [2.75, 3.05) is 7.11 Å². The lowest BCUT2D eigenvalue weighted by Crippen LogP contribution is -2.34. The van der Waals surface area contributed by atoms with Crippen molar-refractivity contribution in [1.29, 1.82) is 0 Å². The van der Waals surface area contributed by atoms with E-state index in [-0.39, 0.29) is 5.78 Å². The van der Waals surface area contributed by atoms with Crippen molar-refractivity contribution in [3.8, 4) is 0 Å². The summed E-state index contributed by atoms with van der Waals surface area (Å²) in [5, 5.41) is 2.20. The summed E-state index contributed by atoms with van der Waals surface area (Å²) in [5.41, 5.74) is 0.515. The SMILES string of the molecule is COC(=O)C(C(C)=O)C(C(=O)c1cccs1)c1cccc(Cl)c1. The molecule has 120 valence electrons. The molecule has 0 radical (unpaired) electrons. The molecule has 2 atom stereocenters. The Morgan fingerprint density at radius 2 is 1.91 bits per heavy atom. The first-order valence-corrected chi connectivity index (χ1v) is 8.13. The minimum Gasteiger partial charge on any atom is -0.468 e. The third kappa shape index (κ3) is 3.86. The molecule has 0 aliphatic heterocycles. The summed E-state index contributed by atoms with van der Waals surface area (Å²) in [6.07, 6.45) is 0. The molecular formula is C17H15ClO4S. The monoisotopic (exact) mass is 350 g/mol. The van der Waals surface area contributed by atoms with Gasteiger partial charge in [-0.3, -0.25) is 14.4 Å². The van der Waals surface area contributed by atoms with Gasteiger partial charge in [-0.05, 0) is 36.1 Å². The molecule has 2 unspecified atom stereocenters. The Hall–Kier alpha value is -1.98. The number of halogens is 1. The molecule has 0 aliphatic rings. The maximum absolute atomic E-state index is 12.9. The molecule has 0 amide bonds. The Morgan fingerprint density at radius 3 is 2.43 bits per heavy atom. The number of carbonyl (C=O) groups excluding carboxylic acids is 3. The Balaban J connectivity index is 2.56. The van der Waals surface area contributed by atoms with Gasteiger partial charge in [0.05, 0.1) is 17.9 Å². The van der Waals surface area contributed by atoms with Crippen LogP contribution in [-0.4, -0.2) is 24.6 Å². The van der Waals surface area contributed by atoms with Gasteiger partial charge < -0.3 is 4.74 Å². The summed E-state index contributed by atoms with van der Waals surface area (Å²) < 4.78 is 4.73. The van der Waals surface area contributed by atoms with E-state index < -0.39 is 23.6 Å². The highest BCUT2D eigenvalue weighted by molar-refractivity contribution is 7.12. The maximum Gasteiger partial charge on any atom is 0.317 e. The van der Waals surface area contributed by atoms with Gasteiger partial charge in [0, 0.05) is 5.02 Å².